The number of benzene rings is 1. The minimum Gasteiger partial charge on any atom is -0.495 e. The lowest BCUT2D eigenvalue weighted by Crippen LogP contribution is -2.41. The zero-order valence-corrected chi connectivity index (χ0v) is 16.8. The fourth-order valence-corrected chi connectivity index (χ4v) is 3.65. The quantitative estimate of drug-likeness (QED) is 0.682. The number of morpholine rings is 1. The first-order chi connectivity index (χ1) is 14.5. The second-order valence-corrected chi connectivity index (χ2v) is 7.25. The monoisotopic (exact) mass is 413 g/mol. The molecule has 0 radical (unpaired) electrons. The van der Waals surface area contributed by atoms with E-state index in [2.05, 4.69) is 20.6 Å². The van der Waals surface area contributed by atoms with Crippen LogP contribution in [0.1, 0.15) is 23.5 Å². The maximum Gasteiger partial charge on any atom is 0.258 e. The van der Waals surface area contributed by atoms with Crippen LogP contribution in [0.2, 0.25) is 0 Å². The van der Waals surface area contributed by atoms with Gasteiger partial charge < -0.3 is 25.0 Å². The van der Waals surface area contributed by atoms with Crippen LogP contribution in [0.5, 0.6) is 5.75 Å². The van der Waals surface area contributed by atoms with Gasteiger partial charge in [0.05, 0.1) is 37.5 Å². The minimum absolute atomic E-state index is 0.118. The number of H-pyrrole nitrogens is 1. The Kier molecular flexibility index (Phi) is 5.40. The van der Waals surface area contributed by atoms with E-state index < -0.39 is 17.4 Å². The number of carbonyl (C=O) groups is 2. The van der Waals surface area contributed by atoms with Gasteiger partial charge in [-0.25, -0.2) is 0 Å². The third-order valence-corrected chi connectivity index (χ3v) is 5.18. The predicted octanol–water partition coefficient (Wildman–Crippen LogP) is 0.988. The molecule has 0 aliphatic carbocycles. The van der Waals surface area contributed by atoms with Crippen LogP contribution >= 0.6 is 0 Å². The SMILES string of the molecule is COc1ccc(C)cc1NC(=O)[C@H]1CC(=O)Nc2nc(N3CCOCC3)[nH]c(=O)c21. The summed E-state index contributed by atoms with van der Waals surface area (Å²) in [7, 11) is 1.51. The topological polar surface area (TPSA) is 126 Å². The molecule has 0 bridgehead atoms. The highest BCUT2D eigenvalue weighted by Gasteiger charge is 2.35. The largest absolute Gasteiger partial charge is 0.495 e. The molecule has 1 aromatic heterocycles. The van der Waals surface area contributed by atoms with Crippen LogP contribution in [-0.4, -0.2) is 55.2 Å². The molecule has 2 aromatic rings. The highest BCUT2D eigenvalue weighted by molar-refractivity contribution is 6.05. The zero-order chi connectivity index (χ0) is 21.3. The van der Waals surface area contributed by atoms with Gasteiger partial charge in [0.1, 0.15) is 11.6 Å². The number of aromatic nitrogens is 2. The van der Waals surface area contributed by atoms with Crippen molar-refractivity contribution in [3.63, 3.8) is 0 Å². The zero-order valence-electron chi connectivity index (χ0n) is 16.8. The Morgan fingerprint density at radius 2 is 2.07 bits per heavy atom. The van der Waals surface area contributed by atoms with Gasteiger partial charge >= 0.3 is 0 Å². The average Bonchev–Trinajstić information content (AvgIpc) is 2.73. The molecule has 1 saturated heterocycles. The van der Waals surface area contributed by atoms with Crippen molar-refractivity contribution in [2.45, 2.75) is 19.3 Å². The Morgan fingerprint density at radius 3 is 2.80 bits per heavy atom. The van der Waals surface area contributed by atoms with Crippen molar-refractivity contribution in [3.8, 4) is 5.75 Å². The van der Waals surface area contributed by atoms with Crippen LogP contribution < -0.4 is 25.8 Å². The van der Waals surface area contributed by atoms with Gasteiger partial charge in [-0.05, 0) is 24.6 Å². The van der Waals surface area contributed by atoms with Gasteiger partial charge in [0.25, 0.3) is 5.56 Å². The number of nitrogens with zero attached hydrogens (tertiary/aromatic N) is 2. The van der Waals surface area contributed by atoms with Gasteiger partial charge in [-0.1, -0.05) is 6.07 Å². The second kappa shape index (κ2) is 8.15. The van der Waals surface area contributed by atoms with E-state index in [1.54, 1.807) is 12.1 Å². The van der Waals surface area contributed by atoms with Gasteiger partial charge in [0, 0.05) is 19.5 Å². The maximum atomic E-state index is 13.0. The number of methoxy groups -OCH3 is 1. The molecule has 3 N–H and O–H groups in total. The van der Waals surface area contributed by atoms with Gasteiger partial charge in [-0.3, -0.25) is 19.4 Å². The third-order valence-electron chi connectivity index (χ3n) is 5.18. The number of aromatic amines is 1. The number of aryl methyl sites for hydroxylation is 1. The number of carbonyl (C=O) groups excluding carboxylic acids is 2. The summed E-state index contributed by atoms with van der Waals surface area (Å²) in [6, 6.07) is 5.37. The van der Waals surface area contributed by atoms with Gasteiger partial charge in [-0.15, -0.1) is 0 Å². The van der Waals surface area contributed by atoms with E-state index >= 15 is 0 Å². The summed E-state index contributed by atoms with van der Waals surface area (Å²) in [5.41, 5.74) is 1.11. The molecular weight excluding hydrogens is 390 g/mol. The number of amides is 2. The molecule has 0 spiro atoms. The van der Waals surface area contributed by atoms with E-state index in [0.717, 1.165) is 5.56 Å². The lowest BCUT2D eigenvalue weighted by Gasteiger charge is -2.29. The number of fused-ring (bicyclic) bond motifs is 1. The average molecular weight is 413 g/mol. The first kappa shape index (κ1) is 19.9. The molecule has 1 atom stereocenters. The van der Waals surface area contributed by atoms with E-state index in [4.69, 9.17) is 9.47 Å². The van der Waals surface area contributed by atoms with E-state index in [1.165, 1.54) is 7.11 Å². The fourth-order valence-electron chi connectivity index (χ4n) is 3.65. The number of rotatable bonds is 4. The van der Waals surface area contributed by atoms with Crippen LogP contribution in [0.15, 0.2) is 23.0 Å². The summed E-state index contributed by atoms with van der Waals surface area (Å²) in [4.78, 5) is 47.2. The van der Waals surface area contributed by atoms with Crippen LogP contribution in [0.3, 0.4) is 0 Å². The molecule has 2 aliphatic heterocycles. The Bertz CT molecular complexity index is 1040. The predicted molar refractivity (Wildman–Crippen MR) is 110 cm³/mol. The third kappa shape index (κ3) is 3.86. The molecule has 1 fully saturated rings. The van der Waals surface area contributed by atoms with Crippen molar-refractivity contribution in [1.82, 2.24) is 9.97 Å². The Balaban J connectivity index is 1.66. The summed E-state index contributed by atoms with van der Waals surface area (Å²) < 4.78 is 10.6. The first-order valence-corrected chi connectivity index (χ1v) is 9.68. The summed E-state index contributed by atoms with van der Waals surface area (Å²) in [6.45, 7) is 4.09. The van der Waals surface area contributed by atoms with E-state index in [-0.39, 0.29) is 23.7 Å². The van der Waals surface area contributed by atoms with Gasteiger partial charge in [0.15, 0.2) is 0 Å². The number of hydrogen-bond donors (Lipinski definition) is 3. The molecule has 0 unspecified atom stereocenters. The maximum absolute atomic E-state index is 13.0. The molecule has 0 saturated carbocycles. The van der Waals surface area contributed by atoms with Crippen LogP contribution in [0.4, 0.5) is 17.5 Å². The molecule has 2 aliphatic rings. The summed E-state index contributed by atoms with van der Waals surface area (Å²) in [5, 5.41) is 5.42. The van der Waals surface area contributed by atoms with Crippen molar-refractivity contribution >= 4 is 29.3 Å². The molecule has 3 heterocycles. The molecule has 158 valence electrons. The van der Waals surface area contributed by atoms with E-state index in [9.17, 15) is 14.4 Å². The molecule has 4 rings (SSSR count). The minimum atomic E-state index is -0.964. The van der Waals surface area contributed by atoms with E-state index in [0.29, 0.717) is 43.7 Å². The van der Waals surface area contributed by atoms with Gasteiger partial charge in [-0.2, -0.15) is 4.98 Å². The number of hydrogen-bond acceptors (Lipinski definition) is 7. The van der Waals surface area contributed by atoms with Crippen molar-refractivity contribution < 1.29 is 19.1 Å². The number of ether oxygens (including phenoxy) is 2. The normalized spacial score (nSPS) is 18.4. The van der Waals surface area contributed by atoms with E-state index in [1.807, 2.05) is 17.9 Å². The van der Waals surface area contributed by atoms with Crippen molar-refractivity contribution in [3.05, 3.63) is 39.7 Å². The molecule has 2 amide bonds. The standard InChI is InChI=1S/C20H23N5O5/c1-11-3-4-14(29-2)13(9-11)21-18(27)12-10-15(26)22-17-16(12)19(28)24-20(23-17)25-5-7-30-8-6-25/h3-4,9,12H,5-8,10H2,1-2H3,(H,21,27)(H2,22,23,24,26,28)/t12-/m0/s1. The summed E-state index contributed by atoms with van der Waals surface area (Å²) in [5.74, 6) is -0.846. The molecule has 30 heavy (non-hydrogen) atoms. The highest BCUT2D eigenvalue weighted by Crippen LogP contribution is 2.32. The van der Waals surface area contributed by atoms with Crippen molar-refractivity contribution in [1.29, 1.82) is 0 Å². The summed E-state index contributed by atoms with van der Waals surface area (Å²) >= 11 is 0. The Labute approximate surface area is 172 Å². The number of nitrogens with one attached hydrogen (secondary N) is 3. The summed E-state index contributed by atoms with van der Waals surface area (Å²) in [6.07, 6.45) is -0.144. The molecule has 10 heteroatoms. The fraction of sp³-hybridized carbons (Fsp3) is 0.400. The van der Waals surface area contributed by atoms with Crippen LogP contribution in [0.25, 0.3) is 0 Å². The molecule has 10 nitrogen and oxygen atoms in total. The second-order valence-electron chi connectivity index (χ2n) is 7.25. The van der Waals surface area contributed by atoms with Crippen LogP contribution in [-0.2, 0) is 14.3 Å². The highest BCUT2D eigenvalue weighted by atomic mass is 16.5. The van der Waals surface area contributed by atoms with Gasteiger partial charge in [0.2, 0.25) is 17.8 Å². The number of anilines is 3. The van der Waals surface area contributed by atoms with Crippen molar-refractivity contribution in [2.75, 3.05) is 48.9 Å². The Morgan fingerprint density at radius 1 is 1.30 bits per heavy atom. The lowest BCUT2D eigenvalue weighted by molar-refractivity contribution is -0.123. The van der Waals surface area contributed by atoms with Crippen LogP contribution in [0, 0.1) is 6.92 Å². The lowest BCUT2D eigenvalue weighted by atomic mass is 9.92. The first-order valence-electron chi connectivity index (χ1n) is 9.68. The smallest absolute Gasteiger partial charge is 0.258 e. The Hall–Kier alpha value is -3.40. The molecule has 1 aromatic carbocycles. The molecular formula is C20H23N5O5. The van der Waals surface area contributed by atoms with Crippen molar-refractivity contribution in [2.24, 2.45) is 0 Å².